The first kappa shape index (κ1) is 18.0. The minimum atomic E-state index is 0.694. The molecular weight excluding hydrogens is 314 g/mol. The fraction of sp³-hybridized carbons (Fsp3) is 0.240. The van der Waals surface area contributed by atoms with Crippen molar-refractivity contribution in [3.05, 3.63) is 83.4 Å². The Morgan fingerprint density at radius 3 is 1.96 bits per heavy atom. The van der Waals surface area contributed by atoms with Crippen LogP contribution in [0.15, 0.2) is 66.7 Å². The van der Waals surface area contributed by atoms with E-state index >= 15 is 0 Å². The molecule has 0 N–H and O–H groups in total. The van der Waals surface area contributed by atoms with Gasteiger partial charge in [0.2, 0.25) is 0 Å². The van der Waals surface area contributed by atoms with Gasteiger partial charge in [0.05, 0.1) is 11.6 Å². The summed E-state index contributed by atoms with van der Waals surface area (Å²) in [5.41, 5.74) is 8.33. The average molecular weight is 339 g/mol. The lowest BCUT2D eigenvalue weighted by Gasteiger charge is -2.10. The van der Waals surface area contributed by atoms with Crippen LogP contribution < -0.4 is 0 Å². The van der Waals surface area contributed by atoms with Gasteiger partial charge in [0, 0.05) is 0 Å². The molecule has 0 amide bonds. The van der Waals surface area contributed by atoms with Crippen molar-refractivity contribution in [2.24, 2.45) is 0 Å². The molecule has 26 heavy (non-hydrogen) atoms. The number of rotatable bonds is 6. The third kappa shape index (κ3) is 4.21. The topological polar surface area (TPSA) is 23.8 Å². The standard InChI is InChI=1S/C25H25N/c1-3-4-5-6-20-9-16-25(19(2)17-20)24-14-12-23(13-15-24)22-10-7-21(18-26)8-11-22/h7-17H,3-6H2,1-2H3. The van der Waals surface area contributed by atoms with Crippen molar-refractivity contribution >= 4 is 0 Å². The molecule has 0 aromatic heterocycles. The maximum atomic E-state index is 8.92. The van der Waals surface area contributed by atoms with Crippen molar-refractivity contribution < 1.29 is 0 Å². The molecule has 3 rings (SSSR count). The van der Waals surface area contributed by atoms with Crippen molar-refractivity contribution in [3.63, 3.8) is 0 Å². The van der Waals surface area contributed by atoms with Gasteiger partial charge in [0.15, 0.2) is 0 Å². The van der Waals surface area contributed by atoms with Crippen LogP contribution in [0.4, 0.5) is 0 Å². The molecule has 3 aromatic rings. The number of hydrogen-bond acceptors (Lipinski definition) is 1. The van der Waals surface area contributed by atoms with Gasteiger partial charge in [-0.2, -0.15) is 5.26 Å². The van der Waals surface area contributed by atoms with Gasteiger partial charge in [-0.15, -0.1) is 0 Å². The van der Waals surface area contributed by atoms with E-state index < -0.39 is 0 Å². The lowest BCUT2D eigenvalue weighted by molar-refractivity contribution is 0.717. The van der Waals surface area contributed by atoms with Crippen molar-refractivity contribution in [2.75, 3.05) is 0 Å². The monoisotopic (exact) mass is 339 g/mol. The Morgan fingerprint density at radius 2 is 1.38 bits per heavy atom. The molecule has 0 aliphatic heterocycles. The number of aryl methyl sites for hydroxylation is 2. The van der Waals surface area contributed by atoms with Crippen LogP contribution in [0.1, 0.15) is 42.9 Å². The molecular formula is C25H25N. The zero-order chi connectivity index (χ0) is 18.4. The van der Waals surface area contributed by atoms with Crippen molar-refractivity contribution in [3.8, 4) is 28.3 Å². The number of benzene rings is 3. The second-order valence-electron chi connectivity index (χ2n) is 6.87. The highest BCUT2D eigenvalue weighted by atomic mass is 14.2. The van der Waals surface area contributed by atoms with E-state index in [0.717, 1.165) is 5.56 Å². The van der Waals surface area contributed by atoms with E-state index in [4.69, 9.17) is 5.26 Å². The van der Waals surface area contributed by atoms with Crippen LogP contribution >= 0.6 is 0 Å². The summed E-state index contributed by atoms with van der Waals surface area (Å²) in [4.78, 5) is 0. The minimum absolute atomic E-state index is 0.694. The second-order valence-corrected chi connectivity index (χ2v) is 6.87. The molecule has 0 aliphatic rings. The summed E-state index contributed by atoms with van der Waals surface area (Å²) < 4.78 is 0. The molecule has 1 heteroatoms. The van der Waals surface area contributed by atoms with Gasteiger partial charge in [-0.05, 0) is 65.3 Å². The van der Waals surface area contributed by atoms with E-state index in [9.17, 15) is 0 Å². The van der Waals surface area contributed by atoms with Gasteiger partial charge in [0.1, 0.15) is 0 Å². The van der Waals surface area contributed by atoms with Crippen LogP contribution in [0.25, 0.3) is 22.3 Å². The van der Waals surface area contributed by atoms with E-state index in [2.05, 4.69) is 62.4 Å². The second kappa shape index (κ2) is 8.50. The van der Waals surface area contributed by atoms with Crippen molar-refractivity contribution in [2.45, 2.75) is 39.5 Å². The van der Waals surface area contributed by atoms with Crippen LogP contribution in [0, 0.1) is 18.3 Å². The number of nitrogens with zero attached hydrogens (tertiary/aromatic N) is 1. The Morgan fingerprint density at radius 1 is 0.769 bits per heavy atom. The zero-order valence-electron chi connectivity index (χ0n) is 15.6. The zero-order valence-corrected chi connectivity index (χ0v) is 15.6. The average Bonchev–Trinajstić information content (AvgIpc) is 2.69. The maximum Gasteiger partial charge on any atom is 0.0991 e. The molecule has 3 aromatic carbocycles. The predicted molar refractivity (Wildman–Crippen MR) is 110 cm³/mol. The number of nitriles is 1. The summed E-state index contributed by atoms with van der Waals surface area (Å²) in [5.74, 6) is 0. The molecule has 0 bridgehead atoms. The fourth-order valence-corrected chi connectivity index (χ4v) is 3.36. The molecule has 1 nitrogen and oxygen atoms in total. The molecule has 130 valence electrons. The van der Waals surface area contributed by atoms with Crippen LogP contribution in [0.5, 0.6) is 0 Å². The summed E-state index contributed by atoms with van der Waals surface area (Å²) in [6, 6.07) is 25.5. The quantitative estimate of drug-likeness (QED) is 0.446. The summed E-state index contributed by atoms with van der Waals surface area (Å²) in [5, 5.41) is 8.92. The SMILES string of the molecule is CCCCCc1ccc(-c2ccc(-c3ccc(C#N)cc3)cc2)c(C)c1. The van der Waals surface area contributed by atoms with Crippen molar-refractivity contribution in [1.29, 1.82) is 5.26 Å². The van der Waals surface area contributed by atoms with Crippen LogP contribution in [0.3, 0.4) is 0 Å². The predicted octanol–water partition coefficient (Wildman–Crippen LogP) is 6.93. The highest BCUT2D eigenvalue weighted by molar-refractivity contribution is 5.72. The Kier molecular flexibility index (Phi) is 5.87. The van der Waals surface area contributed by atoms with E-state index in [1.54, 1.807) is 0 Å². The minimum Gasteiger partial charge on any atom is -0.192 e. The highest BCUT2D eigenvalue weighted by Crippen LogP contribution is 2.28. The molecule has 0 unspecified atom stereocenters. The summed E-state index contributed by atoms with van der Waals surface area (Å²) in [6.07, 6.45) is 5.02. The van der Waals surface area contributed by atoms with Gasteiger partial charge in [0.25, 0.3) is 0 Å². The summed E-state index contributed by atoms with van der Waals surface area (Å²) >= 11 is 0. The summed E-state index contributed by atoms with van der Waals surface area (Å²) in [7, 11) is 0. The lowest BCUT2D eigenvalue weighted by atomic mass is 9.95. The van der Waals surface area contributed by atoms with Gasteiger partial charge >= 0.3 is 0 Å². The summed E-state index contributed by atoms with van der Waals surface area (Å²) in [6.45, 7) is 4.45. The molecule has 0 atom stereocenters. The maximum absolute atomic E-state index is 8.92. The van der Waals surface area contributed by atoms with E-state index in [1.165, 1.54) is 53.5 Å². The van der Waals surface area contributed by atoms with E-state index in [-0.39, 0.29) is 0 Å². The molecule has 0 saturated carbocycles. The normalized spacial score (nSPS) is 10.5. The highest BCUT2D eigenvalue weighted by Gasteiger charge is 2.05. The lowest BCUT2D eigenvalue weighted by Crippen LogP contribution is -1.90. The molecule has 0 saturated heterocycles. The molecule has 0 spiro atoms. The Balaban J connectivity index is 1.78. The third-order valence-corrected chi connectivity index (χ3v) is 4.90. The first-order valence-corrected chi connectivity index (χ1v) is 9.42. The largest absolute Gasteiger partial charge is 0.192 e. The van der Waals surface area contributed by atoms with Crippen LogP contribution in [0.2, 0.25) is 0 Å². The fourth-order valence-electron chi connectivity index (χ4n) is 3.36. The van der Waals surface area contributed by atoms with E-state index in [0.29, 0.717) is 5.56 Å². The number of hydrogen-bond donors (Lipinski definition) is 0. The smallest absolute Gasteiger partial charge is 0.0991 e. The Bertz CT molecular complexity index is 896. The third-order valence-electron chi connectivity index (χ3n) is 4.90. The van der Waals surface area contributed by atoms with Gasteiger partial charge in [-0.1, -0.05) is 74.4 Å². The Labute approximate surface area is 156 Å². The molecule has 0 aliphatic carbocycles. The van der Waals surface area contributed by atoms with Crippen LogP contribution in [-0.2, 0) is 6.42 Å². The first-order chi connectivity index (χ1) is 12.7. The molecule has 0 radical (unpaired) electrons. The Hall–Kier alpha value is -2.85. The van der Waals surface area contributed by atoms with Crippen LogP contribution in [-0.4, -0.2) is 0 Å². The molecule has 0 heterocycles. The van der Waals surface area contributed by atoms with E-state index in [1.807, 2.05) is 24.3 Å². The number of unbranched alkanes of at least 4 members (excludes halogenated alkanes) is 2. The molecule has 0 fully saturated rings. The van der Waals surface area contributed by atoms with Crippen molar-refractivity contribution in [1.82, 2.24) is 0 Å². The first-order valence-electron chi connectivity index (χ1n) is 9.42. The van der Waals surface area contributed by atoms with Gasteiger partial charge in [-0.3, -0.25) is 0 Å². The van der Waals surface area contributed by atoms with Gasteiger partial charge < -0.3 is 0 Å². The van der Waals surface area contributed by atoms with Gasteiger partial charge in [-0.25, -0.2) is 0 Å².